The van der Waals surface area contributed by atoms with Crippen molar-refractivity contribution in [1.82, 2.24) is 0 Å². The first kappa shape index (κ1) is 10.7. The van der Waals surface area contributed by atoms with Crippen LogP contribution in [-0.2, 0) is 23.7 Å². The van der Waals surface area contributed by atoms with Crippen LogP contribution >= 0.6 is 0 Å². The predicted octanol–water partition coefficient (Wildman–Crippen LogP) is 0.526. The van der Waals surface area contributed by atoms with E-state index >= 15 is 0 Å². The summed E-state index contributed by atoms with van der Waals surface area (Å²) < 4.78 is 28.4. The Balaban J connectivity index is 1.41. The maximum Gasteiger partial charge on any atom is 0.163 e. The molecule has 0 N–H and O–H groups in total. The summed E-state index contributed by atoms with van der Waals surface area (Å²) in [5, 5.41) is 0. The maximum atomic E-state index is 6.19. The van der Waals surface area contributed by atoms with Gasteiger partial charge in [0.1, 0.15) is 0 Å². The molecule has 0 radical (unpaired) electrons. The molecule has 0 aromatic carbocycles. The molecule has 5 nitrogen and oxygen atoms in total. The van der Waals surface area contributed by atoms with Crippen LogP contribution in [0.2, 0.25) is 0 Å². The number of hydrogen-bond acceptors (Lipinski definition) is 5. The van der Waals surface area contributed by atoms with Crippen molar-refractivity contribution in [3.8, 4) is 0 Å². The van der Waals surface area contributed by atoms with Gasteiger partial charge in [-0.3, -0.25) is 0 Å². The summed E-state index contributed by atoms with van der Waals surface area (Å²) in [5.74, 6) is 0.827. The average molecular weight is 242 g/mol. The van der Waals surface area contributed by atoms with Crippen LogP contribution in [0.25, 0.3) is 0 Å². The average Bonchev–Trinajstić information content (AvgIpc) is 3.03. The maximum absolute atomic E-state index is 6.19. The van der Waals surface area contributed by atoms with Crippen molar-refractivity contribution >= 4 is 0 Å². The number of hydrogen-bond donors (Lipinski definition) is 0. The lowest BCUT2D eigenvalue weighted by atomic mass is 10.0. The Kier molecular flexibility index (Phi) is 2.63. The molecular formula is C12H18O5. The second kappa shape index (κ2) is 4.17. The van der Waals surface area contributed by atoms with Crippen LogP contribution < -0.4 is 0 Å². The van der Waals surface area contributed by atoms with Crippen molar-refractivity contribution in [3.63, 3.8) is 0 Å². The first-order valence-corrected chi connectivity index (χ1v) is 6.54. The van der Waals surface area contributed by atoms with E-state index in [1.54, 1.807) is 0 Å². The van der Waals surface area contributed by atoms with Gasteiger partial charge in [0, 0.05) is 11.8 Å². The highest BCUT2D eigenvalue weighted by Crippen LogP contribution is 2.38. The van der Waals surface area contributed by atoms with E-state index < -0.39 is 0 Å². The van der Waals surface area contributed by atoms with Crippen LogP contribution in [0.4, 0.5) is 0 Å². The zero-order chi connectivity index (χ0) is 11.2. The van der Waals surface area contributed by atoms with Crippen LogP contribution in [-0.4, -0.2) is 51.2 Å². The SMILES string of the molecule is C1C[C@@H]2[C@H](O1)OC[C@@H]2O[C@H]1CO[C@H]2OCC[C@H]21. The molecule has 4 saturated heterocycles. The van der Waals surface area contributed by atoms with Crippen LogP contribution in [0.5, 0.6) is 0 Å². The Hall–Kier alpha value is -0.200. The second-order valence-corrected chi connectivity index (χ2v) is 5.26. The zero-order valence-electron chi connectivity index (χ0n) is 9.75. The van der Waals surface area contributed by atoms with Gasteiger partial charge in [0.15, 0.2) is 12.6 Å². The molecule has 0 spiro atoms. The first-order valence-electron chi connectivity index (χ1n) is 6.54. The van der Waals surface area contributed by atoms with Gasteiger partial charge in [-0.05, 0) is 12.8 Å². The van der Waals surface area contributed by atoms with Gasteiger partial charge in [0.05, 0.1) is 38.6 Å². The summed E-state index contributed by atoms with van der Waals surface area (Å²) >= 11 is 0. The quantitative estimate of drug-likeness (QED) is 0.706. The Morgan fingerprint density at radius 3 is 1.76 bits per heavy atom. The largest absolute Gasteiger partial charge is 0.369 e. The van der Waals surface area contributed by atoms with Gasteiger partial charge >= 0.3 is 0 Å². The Morgan fingerprint density at radius 1 is 0.706 bits per heavy atom. The molecule has 0 unspecified atom stereocenters. The predicted molar refractivity (Wildman–Crippen MR) is 56.3 cm³/mol. The summed E-state index contributed by atoms with van der Waals surface area (Å²) in [6.07, 6.45) is 2.39. The molecule has 0 aromatic heterocycles. The normalized spacial score (nSPS) is 52.9. The van der Waals surface area contributed by atoms with E-state index in [0.717, 1.165) is 26.1 Å². The van der Waals surface area contributed by atoms with Crippen molar-refractivity contribution in [2.45, 2.75) is 37.6 Å². The highest BCUT2D eigenvalue weighted by molar-refractivity contribution is 4.89. The fraction of sp³-hybridized carbons (Fsp3) is 1.00. The molecule has 0 saturated carbocycles. The molecule has 0 aliphatic carbocycles. The summed E-state index contributed by atoms with van der Waals surface area (Å²) in [4.78, 5) is 0. The highest BCUT2D eigenvalue weighted by atomic mass is 16.7. The van der Waals surface area contributed by atoms with Gasteiger partial charge in [0.2, 0.25) is 0 Å². The minimum Gasteiger partial charge on any atom is -0.369 e. The summed E-state index contributed by atoms with van der Waals surface area (Å²) in [6.45, 7) is 2.91. The van der Waals surface area contributed by atoms with E-state index in [1.807, 2.05) is 0 Å². The molecule has 4 aliphatic heterocycles. The van der Waals surface area contributed by atoms with Gasteiger partial charge < -0.3 is 23.7 Å². The van der Waals surface area contributed by atoms with E-state index in [-0.39, 0.29) is 24.8 Å². The number of fused-ring (bicyclic) bond motifs is 2. The molecule has 17 heavy (non-hydrogen) atoms. The van der Waals surface area contributed by atoms with Gasteiger partial charge in [-0.15, -0.1) is 0 Å². The topological polar surface area (TPSA) is 46.2 Å². The van der Waals surface area contributed by atoms with Crippen molar-refractivity contribution in [2.24, 2.45) is 11.8 Å². The van der Waals surface area contributed by atoms with E-state index in [0.29, 0.717) is 25.0 Å². The second-order valence-electron chi connectivity index (χ2n) is 5.26. The van der Waals surface area contributed by atoms with Crippen molar-refractivity contribution < 1.29 is 23.7 Å². The minimum atomic E-state index is -0.0297. The molecule has 5 heteroatoms. The lowest BCUT2D eigenvalue weighted by Gasteiger charge is -2.22. The third kappa shape index (κ3) is 1.72. The first-order chi connectivity index (χ1) is 8.42. The summed E-state index contributed by atoms with van der Waals surface area (Å²) in [5.41, 5.74) is 0. The lowest BCUT2D eigenvalue weighted by Crippen LogP contribution is -2.33. The van der Waals surface area contributed by atoms with E-state index in [2.05, 4.69) is 0 Å². The summed E-state index contributed by atoms with van der Waals surface area (Å²) in [6, 6.07) is 0. The fourth-order valence-electron chi connectivity index (χ4n) is 3.36. The lowest BCUT2D eigenvalue weighted by molar-refractivity contribution is -0.0922. The van der Waals surface area contributed by atoms with E-state index in [1.165, 1.54) is 0 Å². The van der Waals surface area contributed by atoms with E-state index in [9.17, 15) is 0 Å². The Bertz CT molecular complexity index is 269. The van der Waals surface area contributed by atoms with Crippen molar-refractivity contribution in [1.29, 1.82) is 0 Å². The molecule has 4 fully saturated rings. The molecule has 6 atom stereocenters. The Morgan fingerprint density at radius 2 is 1.24 bits per heavy atom. The molecule has 0 amide bonds. The standard InChI is InChI=1S/C12H18O5/c1-3-13-11-7(1)9(5-15-11)17-10-6-16-12-8(10)2-4-14-12/h7-12H,1-6H2/t7-,8-,9-,10-,11+,12+/m0/s1. The van der Waals surface area contributed by atoms with Crippen LogP contribution in [0.3, 0.4) is 0 Å². The molecule has 96 valence electrons. The molecule has 4 rings (SSSR count). The zero-order valence-corrected chi connectivity index (χ0v) is 9.75. The monoisotopic (exact) mass is 242 g/mol. The van der Waals surface area contributed by atoms with Crippen molar-refractivity contribution in [3.05, 3.63) is 0 Å². The highest BCUT2D eigenvalue weighted by Gasteiger charge is 2.48. The van der Waals surface area contributed by atoms with Crippen LogP contribution in [0.1, 0.15) is 12.8 Å². The molecular weight excluding hydrogens is 224 g/mol. The number of rotatable bonds is 2. The van der Waals surface area contributed by atoms with Crippen molar-refractivity contribution in [2.75, 3.05) is 26.4 Å². The van der Waals surface area contributed by atoms with Gasteiger partial charge in [-0.1, -0.05) is 0 Å². The van der Waals surface area contributed by atoms with Gasteiger partial charge in [0.25, 0.3) is 0 Å². The Labute approximate surface area is 100 Å². The molecule has 0 bridgehead atoms. The third-order valence-corrected chi connectivity index (χ3v) is 4.32. The van der Waals surface area contributed by atoms with E-state index in [4.69, 9.17) is 23.7 Å². The third-order valence-electron chi connectivity index (χ3n) is 4.32. The van der Waals surface area contributed by atoms with Gasteiger partial charge in [-0.2, -0.15) is 0 Å². The fourth-order valence-corrected chi connectivity index (χ4v) is 3.36. The van der Waals surface area contributed by atoms with Crippen LogP contribution in [0, 0.1) is 11.8 Å². The van der Waals surface area contributed by atoms with Gasteiger partial charge in [-0.25, -0.2) is 0 Å². The smallest absolute Gasteiger partial charge is 0.163 e. The van der Waals surface area contributed by atoms with Crippen LogP contribution in [0.15, 0.2) is 0 Å². The molecule has 4 aliphatic rings. The number of ether oxygens (including phenoxy) is 5. The molecule has 4 heterocycles. The minimum absolute atomic E-state index is 0.0297. The summed E-state index contributed by atoms with van der Waals surface area (Å²) in [7, 11) is 0. The molecule has 0 aromatic rings.